The average molecular weight is 455 g/mol. The molecule has 9 heteroatoms. The van der Waals surface area contributed by atoms with Crippen LogP contribution in [-0.4, -0.2) is 63.8 Å². The van der Waals surface area contributed by atoms with Crippen molar-refractivity contribution in [2.75, 3.05) is 48.8 Å². The van der Waals surface area contributed by atoms with Crippen LogP contribution in [0.2, 0.25) is 0 Å². The Morgan fingerprint density at radius 2 is 1.82 bits per heavy atom. The molecule has 9 nitrogen and oxygen atoms in total. The van der Waals surface area contributed by atoms with Gasteiger partial charge in [0, 0.05) is 54.9 Å². The number of nitrogens with one attached hydrogen (secondary N) is 2. The first-order chi connectivity index (χ1) is 16.6. The molecule has 2 aromatic carbocycles. The highest BCUT2D eigenvalue weighted by molar-refractivity contribution is 5.99. The van der Waals surface area contributed by atoms with Crippen molar-refractivity contribution in [2.45, 2.75) is 0 Å². The summed E-state index contributed by atoms with van der Waals surface area (Å²) in [5.74, 6) is 0.429. The van der Waals surface area contributed by atoms with Crippen molar-refractivity contribution in [3.8, 4) is 11.3 Å². The first-order valence-electron chi connectivity index (χ1n) is 11.1. The number of fused-ring (bicyclic) bond motifs is 1. The Morgan fingerprint density at radius 3 is 2.59 bits per heavy atom. The number of piperazine rings is 1. The van der Waals surface area contributed by atoms with E-state index in [4.69, 9.17) is 0 Å². The molecule has 2 aromatic heterocycles. The van der Waals surface area contributed by atoms with Crippen LogP contribution in [0.4, 0.5) is 22.9 Å². The summed E-state index contributed by atoms with van der Waals surface area (Å²) in [7, 11) is 2.16. The summed E-state index contributed by atoms with van der Waals surface area (Å²) in [6.07, 6.45) is 2.87. The van der Waals surface area contributed by atoms with E-state index in [-0.39, 0.29) is 5.91 Å². The first-order valence-corrected chi connectivity index (χ1v) is 11.1. The molecule has 1 aliphatic rings. The molecule has 5 rings (SSSR count). The van der Waals surface area contributed by atoms with E-state index in [1.54, 1.807) is 10.8 Å². The molecule has 172 valence electrons. The number of hydrogen-bond acceptors (Lipinski definition) is 7. The van der Waals surface area contributed by atoms with Gasteiger partial charge in [0.1, 0.15) is 17.8 Å². The van der Waals surface area contributed by atoms with Crippen LogP contribution in [0.25, 0.3) is 16.8 Å². The standard InChI is InChI=1S/C25H26N8O/c1-3-24(34)28-20-6-4-5-18(15-20)25-22-16-23(26-17-33(22)30-29-25)27-19-7-9-21(10-8-19)32-13-11-31(2)12-14-32/h3-10,15-17,27H,1,11-14H2,2H3,(H,28,34). The van der Waals surface area contributed by atoms with Crippen LogP contribution in [0, 0.1) is 0 Å². The lowest BCUT2D eigenvalue weighted by Gasteiger charge is -2.34. The molecule has 1 aliphatic heterocycles. The Kier molecular flexibility index (Phi) is 5.92. The number of rotatable bonds is 6. The molecule has 0 bridgehead atoms. The predicted molar refractivity (Wildman–Crippen MR) is 134 cm³/mol. The predicted octanol–water partition coefficient (Wildman–Crippen LogP) is 3.41. The third kappa shape index (κ3) is 4.60. The second-order valence-corrected chi connectivity index (χ2v) is 8.28. The number of aromatic nitrogens is 4. The summed E-state index contributed by atoms with van der Waals surface area (Å²) in [6.45, 7) is 7.72. The summed E-state index contributed by atoms with van der Waals surface area (Å²) in [6, 6.07) is 17.8. The highest BCUT2D eigenvalue weighted by Crippen LogP contribution is 2.27. The van der Waals surface area contributed by atoms with Crippen LogP contribution in [0.1, 0.15) is 0 Å². The fraction of sp³-hybridized carbons (Fsp3) is 0.200. The van der Waals surface area contributed by atoms with E-state index < -0.39 is 0 Å². The van der Waals surface area contributed by atoms with Crippen LogP contribution in [-0.2, 0) is 4.79 Å². The summed E-state index contributed by atoms with van der Waals surface area (Å²) in [4.78, 5) is 20.9. The zero-order chi connectivity index (χ0) is 23.5. The Bertz CT molecular complexity index is 1320. The van der Waals surface area contributed by atoms with E-state index >= 15 is 0 Å². The molecule has 1 amide bonds. The number of hydrogen-bond donors (Lipinski definition) is 2. The largest absolute Gasteiger partial charge is 0.369 e. The molecule has 4 aromatic rings. The maximum Gasteiger partial charge on any atom is 0.247 e. The summed E-state index contributed by atoms with van der Waals surface area (Å²) < 4.78 is 1.63. The second-order valence-electron chi connectivity index (χ2n) is 8.28. The number of carbonyl (C=O) groups excluding carboxylic acids is 1. The molecule has 0 aliphatic carbocycles. The zero-order valence-corrected chi connectivity index (χ0v) is 19.0. The van der Waals surface area contributed by atoms with E-state index in [1.807, 2.05) is 30.3 Å². The van der Waals surface area contributed by atoms with E-state index in [0.29, 0.717) is 17.2 Å². The van der Waals surface area contributed by atoms with Crippen LogP contribution in [0.3, 0.4) is 0 Å². The van der Waals surface area contributed by atoms with Crippen molar-refractivity contribution >= 4 is 34.3 Å². The minimum absolute atomic E-state index is 0.265. The van der Waals surface area contributed by atoms with E-state index in [9.17, 15) is 4.79 Å². The number of likely N-dealkylation sites (N-methyl/N-ethyl adjacent to an activating group) is 1. The highest BCUT2D eigenvalue weighted by Gasteiger charge is 2.14. The van der Waals surface area contributed by atoms with Gasteiger partial charge in [-0.15, -0.1) is 5.10 Å². The summed E-state index contributed by atoms with van der Waals surface area (Å²) >= 11 is 0. The number of carbonyl (C=O) groups is 1. The third-order valence-corrected chi connectivity index (χ3v) is 5.91. The Labute approximate surface area is 197 Å². The molecule has 2 N–H and O–H groups in total. The number of amides is 1. The lowest BCUT2D eigenvalue weighted by atomic mass is 10.1. The Hall–Kier alpha value is -4.24. The quantitative estimate of drug-likeness (QED) is 0.432. The van der Waals surface area contributed by atoms with E-state index in [2.05, 4.69) is 73.6 Å². The molecule has 34 heavy (non-hydrogen) atoms. The lowest BCUT2D eigenvalue weighted by molar-refractivity contribution is -0.111. The van der Waals surface area contributed by atoms with E-state index in [0.717, 1.165) is 42.9 Å². The molecule has 0 saturated carbocycles. The first kappa shape index (κ1) is 21.6. The number of anilines is 4. The number of nitrogens with zero attached hydrogens (tertiary/aromatic N) is 6. The fourth-order valence-corrected chi connectivity index (χ4v) is 3.98. The normalized spacial score (nSPS) is 14.2. The molecule has 1 fully saturated rings. The Balaban J connectivity index is 1.36. The van der Waals surface area contributed by atoms with Gasteiger partial charge in [-0.25, -0.2) is 9.50 Å². The molecular weight excluding hydrogens is 428 g/mol. The Morgan fingerprint density at radius 1 is 1.03 bits per heavy atom. The number of benzene rings is 2. The maximum atomic E-state index is 11.7. The van der Waals surface area contributed by atoms with Gasteiger partial charge in [0.05, 0.1) is 5.52 Å². The molecule has 1 saturated heterocycles. The maximum absolute atomic E-state index is 11.7. The molecular formula is C25H26N8O. The summed E-state index contributed by atoms with van der Waals surface area (Å²) in [5, 5.41) is 14.7. The third-order valence-electron chi connectivity index (χ3n) is 5.91. The summed E-state index contributed by atoms with van der Waals surface area (Å²) in [5.41, 5.74) is 5.19. The van der Waals surface area contributed by atoms with Gasteiger partial charge in [-0.1, -0.05) is 23.9 Å². The monoisotopic (exact) mass is 454 g/mol. The molecule has 3 heterocycles. The van der Waals surface area contributed by atoms with Crippen LogP contribution < -0.4 is 15.5 Å². The van der Waals surface area contributed by atoms with Gasteiger partial charge < -0.3 is 20.4 Å². The zero-order valence-electron chi connectivity index (χ0n) is 19.0. The minimum Gasteiger partial charge on any atom is -0.369 e. The van der Waals surface area contributed by atoms with Gasteiger partial charge in [-0.05, 0) is 49.5 Å². The van der Waals surface area contributed by atoms with Gasteiger partial charge in [-0.2, -0.15) is 0 Å². The topological polar surface area (TPSA) is 90.7 Å². The van der Waals surface area contributed by atoms with Crippen molar-refractivity contribution in [3.63, 3.8) is 0 Å². The molecule has 0 radical (unpaired) electrons. The fourth-order valence-electron chi connectivity index (χ4n) is 3.98. The smallest absolute Gasteiger partial charge is 0.247 e. The molecule has 0 atom stereocenters. The van der Waals surface area contributed by atoms with Crippen molar-refractivity contribution < 1.29 is 4.79 Å². The van der Waals surface area contributed by atoms with Gasteiger partial charge in [0.25, 0.3) is 0 Å². The van der Waals surface area contributed by atoms with Crippen molar-refractivity contribution in [1.82, 2.24) is 24.7 Å². The molecule has 0 spiro atoms. The van der Waals surface area contributed by atoms with Crippen LogP contribution in [0.15, 0.2) is 73.6 Å². The van der Waals surface area contributed by atoms with Gasteiger partial charge in [0.2, 0.25) is 5.91 Å². The van der Waals surface area contributed by atoms with Crippen molar-refractivity contribution in [2.24, 2.45) is 0 Å². The SMILES string of the molecule is C=CC(=O)Nc1cccc(-c2nnn3cnc(Nc4ccc(N5CCN(C)CC5)cc4)cc23)c1. The van der Waals surface area contributed by atoms with Crippen molar-refractivity contribution in [1.29, 1.82) is 0 Å². The van der Waals surface area contributed by atoms with Gasteiger partial charge in [0.15, 0.2) is 0 Å². The average Bonchev–Trinajstić information content (AvgIpc) is 3.28. The second kappa shape index (κ2) is 9.32. The van der Waals surface area contributed by atoms with Crippen LogP contribution in [0.5, 0.6) is 0 Å². The highest BCUT2D eigenvalue weighted by atomic mass is 16.1. The van der Waals surface area contributed by atoms with Crippen LogP contribution >= 0.6 is 0 Å². The van der Waals surface area contributed by atoms with Gasteiger partial charge >= 0.3 is 0 Å². The van der Waals surface area contributed by atoms with Crippen molar-refractivity contribution in [3.05, 3.63) is 73.6 Å². The van der Waals surface area contributed by atoms with E-state index in [1.165, 1.54) is 11.8 Å². The van der Waals surface area contributed by atoms with Gasteiger partial charge in [-0.3, -0.25) is 4.79 Å². The lowest BCUT2D eigenvalue weighted by Crippen LogP contribution is -2.44. The molecule has 0 unspecified atom stereocenters. The minimum atomic E-state index is -0.265.